The van der Waals surface area contributed by atoms with Crippen molar-refractivity contribution in [2.45, 2.75) is 17.9 Å². The van der Waals surface area contributed by atoms with Gasteiger partial charge in [-0.3, -0.25) is 9.52 Å². The van der Waals surface area contributed by atoms with Crippen LogP contribution in [0.25, 0.3) is 10.8 Å². The number of nitrogens with one attached hydrogen (secondary N) is 2. The summed E-state index contributed by atoms with van der Waals surface area (Å²) in [4.78, 5) is 12.4. The molecule has 0 saturated heterocycles. The molecule has 0 heterocycles. The molecule has 4 aromatic rings. The summed E-state index contributed by atoms with van der Waals surface area (Å²) < 4.78 is 46.9. The molecule has 2 N–H and O–H groups in total. The van der Waals surface area contributed by atoms with Crippen molar-refractivity contribution in [3.05, 3.63) is 96.8 Å². The van der Waals surface area contributed by atoms with Crippen molar-refractivity contribution in [2.75, 3.05) is 10.0 Å². The van der Waals surface area contributed by atoms with Gasteiger partial charge in [-0.25, -0.2) is 12.8 Å². The van der Waals surface area contributed by atoms with Gasteiger partial charge in [-0.15, -0.1) is 0 Å². The Morgan fingerprint density at radius 3 is 2.27 bits per heavy atom. The normalized spacial score (nSPS) is 12.2. The number of benzene rings is 4. The number of amides is 1. The largest absolute Gasteiger partial charge is 0.481 e. The van der Waals surface area contributed by atoms with Crippen LogP contribution in [-0.4, -0.2) is 20.4 Å². The molecule has 0 fully saturated rings. The van der Waals surface area contributed by atoms with Gasteiger partial charge in [0.1, 0.15) is 11.6 Å². The molecule has 168 valence electrons. The first kappa shape index (κ1) is 22.3. The van der Waals surface area contributed by atoms with Crippen molar-refractivity contribution in [2.24, 2.45) is 0 Å². The number of rotatable bonds is 7. The Morgan fingerprint density at radius 2 is 1.55 bits per heavy atom. The van der Waals surface area contributed by atoms with Gasteiger partial charge in [0, 0.05) is 11.1 Å². The molecule has 0 aliphatic rings. The van der Waals surface area contributed by atoms with Gasteiger partial charge >= 0.3 is 0 Å². The third-order valence-corrected chi connectivity index (χ3v) is 6.34. The summed E-state index contributed by atoms with van der Waals surface area (Å²) in [6.07, 6.45) is -0.841. The Hall–Kier alpha value is -3.91. The highest BCUT2D eigenvalue weighted by atomic mass is 32.2. The Labute approximate surface area is 191 Å². The Morgan fingerprint density at radius 1 is 0.879 bits per heavy atom. The number of fused-ring (bicyclic) bond motifs is 1. The highest BCUT2D eigenvalue weighted by Crippen LogP contribution is 2.26. The summed E-state index contributed by atoms with van der Waals surface area (Å²) in [6, 6.07) is 24.1. The molecule has 4 rings (SSSR count). The molecule has 0 saturated carbocycles. The Bertz CT molecular complexity index is 1380. The number of carbonyl (C=O) groups excluding carboxylic acids is 1. The fraction of sp³-hybridized carbons (Fsp3) is 0.0800. The topological polar surface area (TPSA) is 84.5 Å². The number of anilines is 2. The zero-order valence-corrected chi connectivity index (χ0v) is 18.5. The van der Waals surface area contributed by atoms with E-state index in [1.165, 1.54) is 48.5 Å². The molecule has 6 nitrogen and oxygen atoms in total. The number of hydrogen-bond acceptors (Lipinski definition) is 4. The summed E-state index contributed by atoms with van der Waals surface area (Å²) in [5, 5.41) is 4.39. The molecule has 33 heavy (non-hydrogen) atoms. The lowest BCUT2D eigenvalue weighted by Crippen LogP contribution is -2.30. The molecule has 0 aliphatic carbocycles. The second-order valence-corrected chi connectivity index (χ2v) is 9.04. The van der Waals surface area contributed by atoms with Crippen molar-refractivity contribution in [1.82, 2.24) is 0 Å². The van der Waals surface area contributed by atoms with E-state index < -0.39 is 27.9 Å². The number of halogens is 1. The van der Waals surface area contributed by atoms with E-state index in [1.54, 1.807) is 19.1 Å². The molecule has 4 aromatic carbocycles. The second-order valence-electron chi connectivity index (χ2n) is 7.36. The Kier molecular flexibility index (Phi) is 6.28. The van der Waals surface area contributed by atoms with E-state index in [-0.39, 0.29) is 4.90 Å². The zero-order valence-electron chi connectivity index (χ0n) is 17.7. The number of ether oxygens (including phenoxy) is 1. The van der Waals surface area contributed by atoms with Crippen LogP contribution in [0.4, 0.5) is 15.8 Å². The summed E-state index contributed by atoms with van der Waals surface area (Å²) in [7, 11) is -3.83. The van der Waals surface area contributed by atoms with Gasteiger partial charge in [-0.05, 0) is 66.9 Å². The lowest BCUT2D eigenvalue weighted by Gasteiger charge is -2.15. The van der Waals surface area contributed by atoms with Gasteiger partial charge in [0.2, 0.25) is 0 Å². The van der Waals surface area contributed by atoms with Crippen molar-refractivity contribution < 1.29 is 22.3 Å². The van der Waals surface area contributed by atoms with Crippen LogP contribution >= 0.6 is 0 Å². The minimum Gasteiger partial charge on any atom is -0.481 e. The maximum absolute atomic E-state index is 13.0. The van der Waals surface area contributed by atoms with Gasteiger partial charge in [0.25, 0.3) is 15.9 Å². The highest BCUT2D eigenvalue weighted by molar-refractivity contribution is 7.92. The van der Waals surface area contributed by atoms with E-state index in [0.717, 1.165) is 10.8 Å². The third-order valence-electron chi connectivity index (χ3n) is 4.96. The lowest BCUT2D eigenvalue weighted by molar-refractivity contribution is -0.122. The van der Waals surface area contributed by atoms with E-state index in [4.69, 9.17) is 4.74 Å². The van der Waals surface area contributed by atoms with Crippen LogP contribution in [-0.2, 0) is 14.8 Å². The minimum atomic E-state index is -3.83. The van der Waals surface area contributed by atoms with Crippen molar-refractivity contribution in [3.8, 4) is 5.75 Å². The van der Waals surface area contributed by atoms with Crippen molar-refractivity contribution >= 4 is 38.1 Å². The van der Waals surface area contributed by atoms with Gasteiger partial charge < -0.3 is 10.1 Å². The van der Waals surface area contributed by atoms with E-state index in [2.05, 4.69) is 10.0 Å². The van der Waals surface area contributed by atoms with Crippen LogP contribution in [0.5, 0.6) is 5.75 Å². The fourth-order valence-electron chi connectivity index (χ4n) is 3.25. The van der Waals surface area contributed by atoms with E-state index in [0.29, 0.717) is 17.1 Å². The lowest BCUT2D eigenvalue weighted by atomic mass is 10.1. The smallest absolute Gasteiger partial charge is 0.265 e. The first-order valence-corrected chi connectivity index (χ1v) is 11.6. The molecule has 1 atom stereocenters. The summed E-state index contributed by atoms with van der Waals surface area (Å²) in [5.74, 6) is -0.465. The van der Waals surface area contributed by atoms with Crippen LogP contribution in [0.3, 0.4) is 0 Å². The van der Waals surface area contributed by atoms with E-state index in [1.807, 2.05) is 30.3 Å². The molecule has 0 unspecified atom stereocenters. The standard InChI is InChI=1S/C25H21FN2O4S/c1-17(32-21-13-9-19(26)10-14-21)25(29)27-20-11-15-22(16-12-20)33(30,31)28-24-8-4-6-18-5-2-3-7-23(18)24/h2-17,28H,1H3,(H,27,29)/t17-/m0/s1. The molecule has 0 spiro atoms. The minimum absolute atomic E-state index is 0.0593. The number of sulfonamides is 1. The van der Waals surface area contributed by atoms with Crippen molar-refractivity contribution in [1.29, 1.82) is 0 Å². The third kappa shape index (κ3) is 5.30. The maximum Gasteiger partial charge on any atom is 0.265 e. The van der Waals surface area contributed by atoms with Gasteiger partial charge in [0.05, 0.1) is 10.6 Å². The average Bonchev–Trinajstić information content (AvgIpc) is 2.81. The average molecular weight is 465 g/mol. The summed E-state index contributed by atoms with van der Waals surface area (Å²) >= 11 is 0. The van der Waals surface area contributed by atoms with E-state index in [9.17, 15) is 17.6 Å². The van der Waals surface area contributed by atoms with Crippen LogP contribution in [0.1, 0.15) is 6.92 Å². The van der Waals surface area contributed by atoms with Crippen LogP contribution in [0.15, 0.2) is 95.9 Å². The van der Waals surface area contributed by atoms with E-state index >= 15 is 0 Å². The zero-order chi connectivity index (χ0) is 23.4. The molecule has 1 amide bonds. The van der Waals surface area contributed by atoms with Gasteiger partial charge in [-0.2, -0.15) is 0 Å². The predicted octanol–water partition coefficient (Wildman–Crippen LogP) is 5.19. The molecule has 0 radical (unpaired) electrons. The second kappa shape index (κ2) is 9.30. The number of hydrogen-bond donors (Lipinski definition) is 2. The van der Waals surface area contributed by atoms with Gasteiger partial charge in [0.15, 0.2) is 6.10 Å². The molecule has 8 heteroatoms. The molecular weight excluding hydrogens is 443 g/mol. The molecule has 0 aromatic heterocycles. The first-order valence-electron chi connectivity index (χ1n) is 10.2. The molecular formula is C25H21FN2O4S. The SMILES string of the molecule is C[C@H](Oc1ccc(F)cc1)C(=O)Nc1ccc(S(=O)(=O)Nc2cccc3ccccc23)cc1. The molecule has 0 aliphatic heterocycles. The van der Waals surface area contributed by atoms with Crippen LogP contribution in [0, 0.1) is 5.82 Å². The van der Waals surface area contributed by atoms with Crippen LogP contribution in [0.2, 0.25) is 0 Å². The van der Waals surface area contributed by atoms with Crippen LogP contribution < -0.4 is 14.8 Å². The Balaban J connectivity index is 1.43. The van der Waals surface area contributed by atoms with Crippen molar-refractivity contribution in [3.63, 3.8) is 0 Å². The first-order chi connectivity index (χ1) is 15.8. The summed E-state index contributed by atoms with van der Waals surface area (Å²) in [5.41, 5.74) is 0.899. The fourth-order valence-corrected chi connectivity index (χ4v) is 4.33. The monoisotopic (exact) mass is 464 g/mol. The summed E-state index contributed by atoms with van der Waals surface area (Å²) in [6.45, 7) is 1.56. The molecule has 0 bridgehead atoms. The predicted molar refractivity (Wildman–Crippen MR) is 126 cm³/mol. The number of carbonyl (C=O) groups is 1. The van der Waals surface area contributed by atoms with Gasteiger partial charge in [-0.1, -0.05) is 36.4 Å². The quantitative estimate of drug-likeness (QED) is 0.394. The highest BCUT2D eigenvalue weighted by Gasteiger charge is 2.18. The maximum atomic E-state index is 13.0.